The maximum absolute atomic E-state index is 14.3. The van der Waals surface area contributed by atoms with Gasteiger partial charge >= 0.3 is 0 Å². The molecule has 0 amide bonds. The molecule has 8 heteroatoms. The molecule has 0 saturated heterocycles. The van der Waals surface area contributed by atoms with Crippen molar-refractivity contribution in [1.82, 2.24) is 19.6 Å². The number of hydrogen-bond acceptors (Lipinski definition) is 4. The third kappa shape index (κ3) is 2.58. The minimum atomic E-state index is -0.476. The van der Waals surface area contributed by atoms with Crippen molar-refractivity contribution in [2.45, 2.75) is 5.03 Å². The van der Waals surface area contributed by atoms with E-state index in [1.807, 2.05) is 0 Å². The van der Waals surface area contributed by atoms with Crippen LogP contribution in [0.3, 0.4) is 0 Å². The van der Waals surface area contributed by atoms with Gasteiger partial charge in [-0.3, -0.25) is 0 Å². The largest absolute Gasteiger partial charge is 0.254 e. The van der Waals surface area contributed by atoms with Gasteiger partial charge in [0.15, 0.2) is 0 Å². The summed E-state index contributed by atoms with van der Waals surface area (Å²) in [5, 5.41) is 5.11. The Balaban J connectivity index is 2.36. The summed E-state index contributed by atoms with van der Waals surface area (Å²) in [5.41, 5.74) is 0.597. The van der Waals surface area contributed by atoms with E-state index in [0.29, 0.717) is 22.1 Å². The van der Waals surface area contributed by atoms with Crippen LogP contribution in [0, 0.1) is 5.82 Å². The summed E-state index contributed by atoms with van der Waals surface area (Å²) in [6, 6.07) is 4.46. The molecule has 3 rings (SSSR count). The molecule has 0 fully saturated rings. The molecule has 2 heterocycles. The maximum Gasteiger partial charge on any atom is 0.254 e. The van der Waals surface area contributed by atoms with Gasteiger partial charge in [0.1, 0.15) is 22.3 Å². The average Bonchev–Trinajstić information content (AvgIpc) is 2.94. The van der Waals surface area contributed by atoms with Crippen LogP contribution in [-0.4, -0.2) is 25.3 Å². The second-order valence-electron chi connectivity index (χ2n) is 4.25. The SMILES string of the molecule is C=CCSc1c(-c2c(F)cccc2Cl)c(Cl)nc2ncnn12. The van der Waals surface area contributed by atoms with Crippen molar-refractivity contribution in [3.63, 3.8) is 0 Å². The predicted molar refractivity (Wildman–Crippen MR) is 87.1 cm³/mol. The summed E-state index contributed by atoms with van der Waals surface area (Å²) in [7, 11) is 0. The molecule has 0 saturated carbocycles. The fourth-order valence-corrected chi connectivity index (χ4v) is 3.45. The molecule has 0 spiro atoms. The normalized spacial score (nSPS) is 11.0. The van der Waals surface area contributed by atoms with Crippen molar-refractivity contribution in [1.29, 1.82) is 0 Å². The molecular weight excluding hydrogens is 346 g/mol. The number of benzene rings is 1. The molecule has 0 bridgehead atoms. The van der Waals surface area contributed by atoms with E-state index in [9.17, 15) is 4.39 Å². The summed E-state index contributed by atoms with van der Waals surface area (Å²) in [5.74, 6) is 0.456. The molecule has 0 unspecified atom stereocenters. The molecule has 0 aliphatic rings. The molecule has 22 heavy (non-hydrogen) atoms. The summed E-state index contributed by atoms with van der Waals surface area (Å²) in [6.07, 6.45) is 3.10. The van der Waals surface area contributed by atoms with E-state index >= 15 is 0 Å². The summed E-state index contributed by atoms with van der Waals surface area (Å²) < 4.78 is 15.8. The van der Waals surface area contributed by atoms with Crippen LogP contribution in [0.2, 0.25) is 10.2 Å². The second kappa shape index (κ2) is 6.24. The molecule has 1 aromatic carbocycles. The second-order valence-corrected chi connectivity index (χ2v) is 6.02. The highest BCUT2D eigenvalue weighted by molar-refractivity contribution is 7.99. The monoisotopic (exact) mass is 354 g/mol. The number of hydrogen-bond donors (Lipinski definition) is 0. The standard InChI is InChI=1S/C14H9Cl2FN4S/c1-2-6-22-13-11(10-8(15)4-3-5-9(10)17)12(16)20-14-18-7-19-21(13)14/h2-5,7H,1,6H2. The molecule has 0 radical (unpaired) electrons. The van der Waals surface area contributed by atoms with E-state index in [0.717, 1.165) is 0 Å². The highest BCUT2D eigenvalue weighted by Crippen LogP contribution is 2.40. The van der Waals surface area contributed by atoms with Gasteiger partial charge in [-0.15, -0.1) is 18.3 Å². The highest BCUT2D eigenvalue weighted by atomic mass is 35.5. The van der Waals surface area contributed by atoms with Crippen LogP contribution in [0.4, 0.5) is 4.39 Å². The van der Waals surface area contributed by atoms with Gasteiger partial charge in [0.05, 0.1) is 10.6 Å². The maximum atomic E-state index is 14.3. The lowest BCUT2D eigenvalue weighted by Crippen LogP contribution is -2.02. The van der Waals surface area contributed by atoms with Gasteiger partial charge in [-0.2, -0.15) is 19.6 Å². The third-order valence-corrected chi connectivity index (χ3v) is 4.53. The van der Waals surface area contributed by atoms with E-state index in [-0.39, 0.29) is 15.7 Å². The Bertz CT molecular complexity index is 845. The van der Waals surface area contributed by atoms with E-state index in [1.165, 1.54) is 34.7 Å². The number of nitrogens with zero attached hydrogens (tertiary/aromatic N) is 4. The zero-order valence-electron chi connectivity index (χ0n) is 11.1. The molecule has 3 aromatic rings. The first-order chi connectivity index (χ1) is 10.6. The molecule has 2 aromatic heterocycles. The summed E-state index contributed by atoms with van der Waals surface area (Å²) in [4.78, 5) is 8.17. The lowest BCUT2D eigenvalue weighted by Gasteiger charge is -2.13. The summed E-state index contributed by atoms with van der Waals surface area (Å²) >= 11 is 13.8. The van der Waals surface area contributed by atoms with Crippen molar-refractivity contribution >= 4 is 40.7 Å². The van der Waals surface area contributed by atoms with Gasteiger partial charge in [-0.1, -0.05) is 35.3 Å². The number of rotatable bonds is 4. The van der Waals surface area contributed by atoms with Crippen LogP contribution in [-0.2, 0) is 0 Å². The summed E-state index contributed by atoms with van der Waals surface area (Å²) in [6.45, 7) is 3.69. The zero-order valence-corrected chi connectivity index (χ0v) is 13.5. The van der Waals surface area contributed by atoms with Crippen LogP contribution in [0.5, 0.6) is 0 Å². The minimum absolute atomic E-state index is 0.124. The highest BCUT2D eigenvalue weighted by Gasteiger charge is 2.22. The zero-order chi connectivity index (χ0) is 15.7. The molecular formula is C14H9Cl2FN4S. The molecule has 0 aliphatic heterocycles. The van der Waals surface area contributed by atoms with Crippen LogP contribution < -0.4 is 0 Å². The molecule has 112 valence electrons. The van der Waals surface area contributed by atoms with Crippen molar-refractivity contribution < 1.29 is 4.39 Å². The van der Waals surface area contributed by atoms with Crippen molar-refractivity contribution in [2.75, 3.05) is 5.75 Å². The number of thioether (sulfide) groups is 1. The number of aromatic nitrogens is 4. The average molecular weight is 355 g/mol. The number of fused-ring (bicyclic) bond motifs is 1. The Morgan fingerprint density at radius 2 is 2.14 bits per heavy atom. The fourth-order valence-electron chi connectivity index (χ4n) is 2.01. The van der Waals surface area contributed by atoms with Gasteiger partial charge < -0.3 is 0 Å². The third-order valence-electron chi connectivity index (χ3n) is 2.89. The van der Waals surface area contributed by atoms with E-state index < -0.39 is 5.82 Å². The van der Waals surface area contributed by atoms with Gasteiger partial charge in [-0.25, -0.2) is 4.39 Å². The Kier molecular flexibility index (Phi) is 4.33. The van der Waals surface area contributed by atoms with Crippen LogP contribution >= 0.6 is 35.0 Å². The lowest BCUT2D eigenvalue weighted by atomic mass is 10.1. The van der Waals surface area contributed by atoms with Crippen LogP contribution in [0.1, 0.15) is 0 Å². The van der Waals surface area contributed by atoms with Crippen molar-refractivity contribution in [3.8, 4) is 11.1 Å². The van der Waals surface area contributed by atoms with E-state index in [2.05, 4.69) is 21.6 Å². The minimum Gasteiger partial charge on any atom is -0.206 e. The van der Waals surface area contributed by atoms with Crippen LogP contribution in [0.25, 0.3) is 16.9 Å². The first-order valence-electron chi connectivity index (χ1n) is 6.20. The first kappa shape index (κ1) is 15.3. The topological polar surface area (TPSA) is 43.1 Å². The van der Waals surface area contributed by atoms with Gasteiger partial charge in [0, 0.05) is 11.3 Å². The Morgan fingerprint density at radius 1 is 1.32 bits per heavy atom. The fraction of sp³-hybridized carbons (Fsp3) is 0.0714. The number of halogens is 3. The predicted octanol–water partition coefficient (Wildman–Crippen LogP) is 4.52. The Hall–Kier alpha value is -1.63. The molecule has 0 aliphatic carbocycles. The molecule has 4 nitrogen and oxygen atoms in total. The van der Waals surface area contributed by atoms with Gasteiger partial charge in [-0.05, 0) is 12.1 Å². The quantitative estimate of drug-likeness (QED) is 0.392. The van der Waals surface area contributed by atoms with Gasteiger partial charge in [0.2, 0.25) is 0 Å². The van der Waals surface area contributed by atoms with Crippen LogP contribution in [0.15, 0.2) is 42.2 Å². The smallest absolute Gasteiger partial charge is 0.206 e. The first-order valence-corrected chi connectivity index (χ1v) is 7.95. The Morgan fingerprint density at radius 3 is 2.86 bits per heavy atom. The molecule has 0 atom stereocenters. The van der Waals surface area contributed by atoms with Crippen molar-refractivity contribution in [3.05, 3.63) is 53.2 Å². The lowest BCUT2D eigenvalue weighted by molar-refractivity contribution is 0.630. The Labute approximate surface area is 140 Å². The van der Waals surface area contributed by atoms with Gasteiger partial charge in [0.25, 0.3) is 5.78 Å². The van der Waals surface area contributed by atoms with E-state index in [4.69, 9.17) is 23.2 Å². The van der Waals surface area contributed by atoms with Crippen molar-refractivity contribution in [2.24, 2.45) is 0 Å². The molecule has 0 N–H and O–H groups in total. The van der Waals surface area contributed by atoms with E-state index in [1.54, 1.807) is 12.1 Å².